The molecule has 2 amide bonds. The van der Waals surface area contributed by atoms with E-state index < -0.39 is 30.1 Å². The van der Waals surface area contributed by atoms with Crippen molar-refractivity contribution in [3.05, 3.63) is 125 Å². The van der Waals surface area contributed by atoms with Crippen LogP contribution >= 0.6 is 0 Å². The number of carboxylic acid groups (broad SMARTS) is 1. The van der Waals surface area contributed by atoms with Crippen molar-refractivity contribution in [3.63, 3.8) is 0 Å². The van der Waals surface area contributed by atoms with E-state index in [9.17, 15) is 19.5 Å². The minimum atomic E-state index is -1.08. The summed E-state index contributed by atoms with van der Waals surface area (Å²) in [6.07, 6.45) is -1.45. The van der Waals surface area contributed by atoms with E-state index in [0.717, 1.165) is 27.8 Å². The van der Waals surface area contributed by atoms with Crippen LogP contribution in [0.5, 0.6) is 0 Å². The zero-order valence-corrected chi connectivity index (χ0v) is 23.4. The molecule has 4 aromatic rings. The molecule has 0 fully saturated rings. The highest BCUT2D eigenvalue weighted by molar-refractivity contribution is 5.99. The van der Waals surface area contributed by atoms with Crippen LogP contribution in [0.4, 0.5) is 10.5 Å². The summed E-state index contributed by atoms with van der Waals surface area (Å²) in [4.78, 5) is 39.5. The van der Waals surface area contributed by atoms with E-state index in [2.05, 4.69) is 17.4 Å². The Balaban J connectivity index is 1.31. The molecule has 4 aromatic carbocycles. The lowest BCUT2D eigenvalue weighted by Gasteiger charge is -2.29. The second-order valence-corrected chi connectivity index (χ2v) is 10.2. The van der Waals surface area contributed by atoms with E-state index >= 15 is 0 Å². The van der Waals surface area contributed by atoms with Crippen LogP contribution in [0.1, 0.15) is 39.9 Å². The van der Waals surface area contributed by atoms with Gasteiger partial charge in [0.05, 0.1) is 18.3 Å². The molecule has 0 aliphatic heterocycles. The topological polar surface area (TPSA) is 105 Å². The number of ether oxygens (including phenoxy) is 2. The van der Waals surface area contributed by atoms with Gasteiger partial charge < -0.3 is 24.8 Å². The van der Waals surface area contributed by atoms with Crippen molar-refractivity contribution >= 4 is 23.7 Å². The number of fused-ring (bicyclic) bond motifs is 3. The number of hydrogen-bond acceptors (Lipinski definition) is 5. The molecule has 214 valence electrons. The van der Waals surface area contributed by atoms with Crippen LogP contribution in [-0.4, -0.2) is 48.9 Å². The number of anilines is 1. The highest BCUT2D eigenvalue weighted by Crippen LogP contribution is 2.44. The van der Waals surface area contributed by atoms with Crippen LogP contribution in [-0.2, 0) is 20.9 Å². The second-order valence-electron chi connectivity index (χ2n) is 10.2. The molecule has 1 aliphatic carbocycles. The molecule has 0 saturated carbocycles. The molecule has 42 heavy (non-hydrogen) atoms. The second kappa shape index (κ2) is 12.7. The number of nitrogens with one attached hydrogen (secondary N) is 1. The van der Waals surface area contributed by atoms with Crippen molar-refractivity contribution in [2.24, 2.45) is 0 Å². The molecule has 2 N–H and O–H groups in total. The maximum absolute atomic E-state index is 13.7. The first-order chi connectivity index (χ1) is 20.3. The van der Waals surface area contributed by atoms with E-state index in [1.807, 2.05) is 66.7 Å². The number of benzene rings is 4. The van der Waals surface area contributed by atoms with Crippen LogP contribution < -0.4 is 10.2 Å². The van der Waals surface area contributed by atoms with Crippen LogP contribution in [0, 0.1) is 0 Å². The largest absolute Gasteiger partial charge is 0.478 e. The van der Waals surface area contributed by atoms with Gasteiger partial charge in [-0.15, -0.1) is 0 Å². The number of carbonyl (C=O) groups excluding carboxylic acids is 2. The predicted octanol–water partition coefficient (Wildman–Crippen LogP) is 5.86. The van der Waals surface area contributed by atoms with Gasteiger partial charge >= 0.3 is 12.1 Å². The minimum absolute atomic E-state index is 0.104. The number of nitrogens with zero attached hydrogens (tertiary/aromatic N) is 1. The van der Waals surface area contributed by atoms with Crippen molar-refractivity contribution in [2.75, 3.05) is 18.6 Å². The van der Waals surface area contributed by atoms with Crippen molar-refractivity contribution in [1.29, 1.82) is 0 Å². The van der Waals surface area contributed by atoms with Crippen LogP contribution in [0.15, 0.2) is 103 Å². The number of aromatic carboxylic acids is 1. The molecule has 1 aliphatic rings. The molecule has 0 spiro atoms. The molecule has 0 saturated heterocycles. The van der Waals surface area contributed by atoms with Gasteiger partial charge in [-0.2, -0.15) is 0 Å². The van der Waals surface area contributed by atoms with Gasteiger partial charge in [0.2, 0.25) is 0 Å². The Hall–Kier alpha value is -4.95. The maximum Gasteiger partial charge on any atom is 0.407 e. The van der Waals surface area contributed by atoms with Gasteiger partial charge in [0.1, 0.15) is 12.6 Å². The smallest absolute Gasteiger partial charge is 0.407 e. The third-order valence-corrected chi connectivity index (χ3v) is 7.54. The molecular weight excluding hydrogens is 532 g/mol. The Bertz CT molecular complexity index is 1530. The van der Waals surface area contributed by atoms with Crippen LogP contribution in [0.3, 0.4) is 0 Å². The monoisotopic (exact) mass is 564 g/mol. The van der Waals surface area contributed by atoms with Gasteiger partial charge in [-0.3, -0.25) is 4.79 Å². The Morgan fingerprint density at radius 2 is 1.40 bits per heavy atom. The Morgan fingerprint density at radius 3 is 2.00 bits per heavy atom. The fourth-order valence-corrected chi connectivity index (χ4v) is 5.21. The van der Waals surface area contributed by atoms with Crippen LogP contribution in [0.2, 0.25) is 0 Å². The molecule has 8 heteroatoms. The molecule has 0 bridgehead atoms. The van der Waals surface area contributed by atoms with Crippen molar-refractivity contribution in [2.45, 2.75) is 31.6 Å². The lowest BCUT2D eigenvalue weighted by molar-refractivity contribution is -0.124. The molecular formula is C34H32N2O6. The number of amides is 2. The Labute approximate surface area is 244 Å². The number of hydrogen-bond donors (Lipinski definition) is 2. The number of alkyl carbamates (subject to hydrolysis) is 1. The molecule has 8 nitrogen and oxygen atoms in total. The Morgan fingerprint density at radius 1 is 0.833 bits per heavy atom. The Kier molecular flexibility index (Phi) is 8.64. The maximum atomic E-state index is 13.7. The van der Waals surface area contributed by atoms with Crippen molar-refractivity contribution < 1.29 is 29.0 Å². The van der Waals surface area contributed by atoms with E-state index in [4.69, 9.17) is 9.47 Å². The standard InChI is InChI=1S/C34H32N2O6/c1-22(41-20-23-10-4-3-5-11-23)31(32(37)36(2)25-18-16-24(17-19-25)33(38)39)35-34(40)42-21-30-28-14-8-6-12-26(28)27-13-7-9-15-29(27)30/h3-19,22,30-31H,20-21H2,1-2H3,(H,35,40)(H,38,39). The molecule has 0 aromatic heterocycles. The van der Waals surface area contributed by atoms with E-state index in [1.54, 1.807) is 26.1 Å². The first-order valence-corrected chi connectivity index (χ1v) is 13.7. The zero-order valence-electron chi connectivity index (χ0n) is 23.4. The first kappa shape index (κ1) is 28.6. The minimum Gasteiger partial charge on any atom is -0.478 e. The van der Waals surface area contributed by atoms with E-state index in [0.29, 0.717) is 5.69 Å². The molecule has 2 atom stereocenters. The van der Waals surface area contributed by atoms with E-state index in [-0.39, 0.29) is 24.7 Å². The summed E-state index contributed by atoms with van der Waals surface area (Å²) < 4.78 is 11.7. The first-order valence-electron chi connectivity index (χ1n) is 13.7. The van der Waals surface area contributed by atoms with E-state index in [1.165, 1.54) is 17.0 Å². The van der Waals surface area contributed by atoms with Crippen molar-refractivity contribution in [1.82, 2.24) is 5.32 Å². The number of rotatable bonds is 10. The van der Waals surface area contributed by atoms with Crippen molar-refractivity contribution in [3.8, 4) is 11.1 Å². The lowest BCUT2D eigenvalue weighted by atomic mass is 9.98. The summed E-state index contributed by atoms with van der Waals surface area (Å²) in [5.74, 6) is -1.63. The lowest BCUT2D eigenvalue weighted by Crippen LogP contribution is -2.54. The fraction of sp³-hybridized carbons (Fsp3) is 0.206. The normalized spacial score (nSPS) is 13.4. The number of likely N-dealkylation sites (N-methyl/N-ethyl adjacent to an activating group) is 1. The van der Waals surface area contributed by atoms with Gasteiger partial charge in [-0.05, 0) is 59.0 Å². The molecule has 0 heterocycles. The fourth-order valence-electron chi connectivity index (χ4n) is 5.21. The summed E-state index contributed by atoms with van der Waals surface area (Å²) in [7, 11) is 1.56. The highest BCUT2D eigenvalue weighted by Gasteiger charge is 2.33. The zero-order chi connectivity index (χ0) is 29.6. The summed E-state index contributed by atoms with van der Waals surface area (Å²) in [5, 5.41) is 11.9. The average molecular weight is 565 g/mol. The average Bonchev–Trinajstić information content (AvgIpc) is 3.35. The SMILES string of the molecule is CC(OCc1ccccc1)C(NC(=O)OCC1c2ccccc2-c2ccccc21)C(=O)N(C)c1ccc(C(=O)O)cc1. The summed E-state index contributed by atoms with van der Waals surface area (Å²) >= 11 is 0. The summed E-state index contributed by atoms with van der Waals surface area (Å²) in [6, 6.07) is 30.5. The van der Waals surface area contributed by atoms with Gasteiger partial charge in [-0.25, -0.2) is 9.59 Å². The predicted molar refractivity (Wildman–Crippen MR) is 159 cm³/mol. The van der Waals surface area contributed by atoms with Gasteiger partial charge in [0, 0.05) is 18.7 Å². The van der Waals surface area contributed by atoms with Gasteiger partial charge in [0.15, 0.2) is 0 Å². The third kappa shape index (κ3) is 6.19. The number of carboxylic acids is 1. The summed E-state index contributed by atoms with van der Waals surface area (Å²) in [5.41, 5.74) is 5.91. The molecule has 2 unspecified atom stereocenters. The summed E-state index contributed by atoms with van der Waals surface area (Å²) in [6.45, 7) is 2.07. The van der Waals surface area contributed by atoms with Gasteiger partial charge in [-0.1, -0.05) is 78.9 Å². The molecule has 0 radical (unpaired) electrons. The quantitative estimate of drug-likeness (QED) is 0.250. The highest BCUT2D eigenvalue weighted by atomic mass is 16.5. The van der Waals surface area contributed by atoms with Gasteiger partial charge in [0.25, 0.3) is 5.91 Å². The van der Waals surface area contributed by atoms with Crippen LogP contribution in [0.25, 0.3) is 11.1 Å². The molecule has 5 rings (SSSR count). The number of carbonyl (C=O) groups is 3. The third-order valence-electron chi connectivity index (χ3n) is 7.54.